The van der Waals surface area contributed by atoms with Crippen molar-refractivity contribution in [2.24, 2.45) is 0 Å². The molecule has 0 aliphatic heterocycles. The van der Waals surface area contributed by atoms with Gasteiger partial charge in [0, 0.05) is 23.6 Å². The quantitative estimate of drug-likeness (QED) is 0.931. The molecule has 0 saturated heterocycles. The molecule has 94 valence electrons. The second-order valence-electron chi connectivity index (χ2n) is 4.46. The monoisotopic (exact) mass is 303 g/mol. The molecule has 1 amide bonds. The van der Waals surface area contributed by atoms with Gasteiger partial charge in [-0.25, -0.2) is 4.39 Å². The Labute approximate surface area is 108 Å². The van der Waals surface area contributed by atoms with Crippen LogP contribution < -0.4 is 0 Å². The van der Waals surface area contributed by atoms with Gasteiger partial charge in [0.15, 0.2) is 0 Å². The lowest BCUT2D eigenvalue weighted by Gasteiger charge is -2.25. The zero-order chi connectivity index (χ0) is 13.2. The Kier molecular flexibility index (Phi) is 4.27. The van der Waals surface area contributed by atoms with Gasteiger partial charge < -0.3 is 10.0 Å². The SMILES string of the molecule is CN(Cc1cc(Br)ccc1F)C(=O)C(C)(C)O. The minimum Gasteiger partial charge on any atom is -0.381 e. The number of rotatable bonds is 3. The molecule has 0 aliphatic rings. The summed E-state index contributed by atoms with van der Waals surface area (Å²) in [5.74, 6) is -0.819. The lowest BCUT2D eigenvalue weighted by Crippen LogP contribution is -2.42. The Hall–Kier alpha value is -0.940. The first-order valence-corrected chi connectivity index (χ1v) is 5.93. The highest BCUT2D eigenvalue weighted by atomic mass is 79.9. The molecule has 0 heterocycles. The molecule has 1 aromatic rings. The van der Waals surface area contributed by atoms with Crippen LogP contribution in [-0.2, 0) is 11.3 Å². The largest absolute Gasteiger partial charge is 0.381 e. The number of carbonyl (C=O) groups excluding carboxylic acids is 1. The number of likely N-dealkylation sites (N-methyl/N-ethyl adjacent to an activating group) is 1. The van der Waals surface area contributed by atoms with E-state index in [1.165, 1.54) is 31.9 Å². The fraction of sp³-hybridized carbons (Fsp3) is 0.417. The summed E-state index contributed by atoms with van der Waals surface area (Å²) in [7, 11) is 1.53. The smallest absolute Gasteiger partial charge is 0.253 e. The third-order valence-corrected chi connectivity index (χ3v) is 2.78. The summed E-state index contributed by atoms with van der Waals surface area (Å²) < 4.78 is 14.2. The normalized spacial score (nSPS) is 11.4. The van der Waals surface area contributed by atoms with Crippen LogP contribution >= 0.6 is 15.9 Å². The van der Waals surface area contributed by atoms with Gasteiger partial charge in [0.2, 0.25) is 0 Å². The second kappa shape index (κ2) is 5.14. The standard InChI is InChI=1S/C12H15BrFNO2/c1-12(2,17)11(16)15(3)7-8-6-9(13)4-5-10(8)14/h4-6,17H,7H2,1-3H3. The molecular weight excluding hydrogens is 289 g/mol. The van der Waals surface area contributed by atoms with E-state index in [9.17, 15) is 14.3 Å². The highest BCUT2D eigenvalue weighted by Gasteiger charge is 2.27. The van der Waals surface area contributed by atoms with Gasteiger partial charge in [-0.3, -0.25) is 4.79 Å². The molecule has 5 heteroatoms. The third-order valence-electron chi connectivity index (χ3n) is 2.29. The van der Waals surface area contributed by atoms with E-state index in [0.717, 1.165) is 4.47 Å². The number of aliphatic hydroxyl groups is 1. The van der Waals surface area contributed by atoms with E-state index in [0.29, 0.717) is 5.56 Å². The van der Waals surface area contributed by atoms with Gasteiger partial charge in [-0.1, -0.05) is 15.9 Å². The lowest BCUT2D eigenvalue weighted by molar-refractivity contribution is -0.147. The van der Waals surface area contributed by atoms with Gasteiger partial charge in [0.1, 0.15) is 11.4 Å². The Bertz CT molecular complexity index is 429. The van der Waals surface area contributed by atoms with Gasteiger partial charge in [-0.15, -0.1) is 0 Å². The second-order valence-corrected chi connectivity index (χ2v) is 5.37. The van der Waals surface area contributed by atoms with Crippen molar-refractivity contribution in [2.75, 3.05) is 7.05 Å². The first-order valence-electron chi connectivity index (χ1n) is 5.13. The number of nitrogens with zero attached hydrogens (tertiary/aromatic N) is 1. The average Bonchev–Trinajstić information content (AvgIpc) is 2.21. The Balaban J connectivity index is 2.85. The van der Waals surface area contributed by atoms with Crippen molar-refractivity contribution in [3.8, 4) is 0 Å². The van der Waals surface area contributed by atoms with Crippen LogP contribution in [0.15, 0.2) is 22.7 Å². The molecular formula is C12H15BrFNO2. The number of hydrogen-bond acceptors (Lipinski definition) is 2. The summed E-state index contributed by atoms with van der Waals surface area (Å²) in [6.07, 6.45) is 0. The first-order chi connectivity index (χ1) is 7.71. The van der Waals surface area contributed by atoms with Gasteiger partial charge in [-0.05, 0) is 32.0 Å². The number of halogens is 2. The highest BCUT2D eigenvalue weighted by Crippen LogP contribution is 2.18. The van der Waals surface area contributed by atoms with Gasteiger partial charge in [0.05, 0.1) is 0 Å². The van der Waals surface area contributed by atoms with Crippen molar-refractivity contribution in [2.45, 2.75) is 26.0 Å². The Morgan fingerprint density at radius 2 is 2.12 bits per heavy atom. The molecule has 0 radical (unpaired) electrons. The summed E-state index contributed by atoms with van der Waals surface area (Å²) in [6, 6.07) is 4.54. The number of amides is 1. The molecule has 0 aromatic heterocycles. The van der Waals surface area contributed by atoms with Gasteiger partial charge in [-0.2, -0.15) is 0 Å². The fourth-order valence-electron chi connectivity index (χ4n) is 1.46. The number of carbonyl (C=O) groups is 1. The van der Waals surface area contributed by atoms with Crippen LogP contribution in [0, 0.1) is 5.82 Å². The van der Waals surface area contributed by atoms with E-state index in [-0.39, 0.29) is 12.4 Å². The molecule has 0 spiro atoms. The van der Waals surface area contributed by atoms with E-state index in [2.05, 4.69) is 15.9 Å². The van der Waals surface area contributed by atoms with E-state index < -0.39 is 11.5 Å². The molecule has 0 bridgehead atoms. The average molecular weight is 304 g/mol. The van der Waals surface area contributed by atoms with Crippen molar-refractivity contribution < 1.29 is 14.3 Å². The van der Waals surface area contributed by atoms with Crippen molar-refractivity contribution in [1.29, 1.82) is 0 Å². The minimum atomic E-state index is -1.45. The zero-order valence-electron chi connectivity index (χ0n) is 10.00. The molecule has 1 N–H and O–H groups in total. The Morgan fingerprint density at radius 3 is 2.65 bits per heavy atom. The highest BCUT2D eigenvalue weighted by molar-refractivity contribution is 9.10. The molecule has 1 rings (SSSR count). The van der Waals surface area contributed by atoms with Crippen molar-refractivity contribution in [1.82, 2.24) is 4.90 Å². The lowest BCUT2D eigenvalue weighted by atomic mass is 10.1. The molecule has 0 saturated carbocycles. The molecule has 0 unspecified atom stereocenters. The molecule has 17 heavy (non-hydrogen) atoms. The molecule has 3 nitrogen and oxygen atoms in total. The molecule has 0 atom stereocenters. The van der Waals surface area contributed by atoms with Crippen molar-refractivity contribution in [3.63, 3.8) is 0 Å². The first kappa shape index (κ1) is 14.1. The summed E-state index contributed by atoms with van der Waals surface area (Å²) in [4.78, 5) is 13.0. The minimum absolute atomic E-state index is 0.119. The summed E-state index contributed by atoms with van der Waals surface area (Å²) in [5.41, 5.74) is -1.04. The van der Waals surface area contributed by atoms with Crippen molar-refractivity contribution >= 4 is 21.8 Å². The molecule has 0 fully saturated rings. The van der Waals surface area contributed by atoms with Gasteiger partial charge >= 0.3 is 0 Å². The third kappa shape index (κ3) is 3.78. The van der Waals surface area contributed by atoms with E-state index in [1.807, 2.05) is 0 Å². The van der Waals surface area contributed by atoms with E-state index in [1.54, 1.807) is 12.1 Å². The van der Waals surface area contributed by atoms with Crippen LogP contribution in [0.1, 0.15) is 19.4 Å². The molecule has 1 aromatic carbocycles. The van der Waals surface area contributed by atoms with Crippen molar-refractivity contribution in [3.05, 3.63) is 34.1 Å². The maximum atomic E-state index is 13.5. The maximum Gasteiger partial charge on any atom is 0.253 e. The summed E-state index contributed by atoms with van der Waals surface area (Å²) >= 11 is 3.24. The topological polar surface area (TPSA) is 40.5 Å². The summed E-state index contributed by atoms with van der Waals surface area (Å²) in [5, 5.41) is 9.56. The number of benzene rings is 1. The van der Waals surface area contributed by atoms with E-state index in [4.69, 9.17) is 0 Å². The predicted octanol–water partition coefficient (Wildman–Crippen LogP) is 2.32. The zero-order valence-corrected chi connectivity index (χ0v) is 11.6. The maximum absolute atomic E-state index is 13.5. The molecule has 0 aliphatic carbocycles. The number of hydrogen-bond donors (Lipinski definition) is 1. The Morgan fingerprint density at radius 1 is 1.53 bits per heavy atom. The van der Waals surface area contributed by atoms with E-state index >= 15 is 0 Å². The van der Waals surface area contributed by atoms with Crippen LogP contribution in [0.25, 0.3) is 0 Å². The fourth-order valence-corrected chi connectivity index (χ4v) is 1.87. The van der Waals surface area contributed by atoms with Crippen LogP contribution in [0.5, 0.6) is 0 Å². The predicted molar refractivity (Wildman–Crippen MR) is 66.9 cm³/mol. The van der Waals surface area contributed by atoms with Crippen LogP contribution in [0.4, 0.5) is 4.39 Å². The van der Waals surface area contributed by atoms with Crippen LogP contribution in [0.3, 0.4) is 0 Å². The van der Waals surface area contributed by atoms with Crippen LogP contribution in [0.2, 0.25) is 0 Å². The van der Waals surface area contributed by atoms with Gasteiger partial charge in [0.25, 0.3) is 5.91 Å². The van der Waals surface area contributed by atoms with Crippen LogP contribution in [-0.4, -0.2) is 28.6 Å². The summed E-state index contributed by atoms with van der Waals surface area (Å²) in [6.45, 7) is 2.93.